The lowest BCUT2D eigenvalue weighted by molar-refractivity contribution is 0.0589. The quantitative estimate of drug-likeness (QED) is 0.468. The van der Waals surface area contributed by atoms with Crippen molar-refractivity contribution in [3.63, 3.8) is 0 Å². The number of carbonyl (C=O) groups excluding carboxylic acids is 2. The van der Waals surface area contributed by atoms with Gasteiger partial charge in [0.15, 0.2) is 0 Å². The molecule has 0 saturated heterocycles. The molecule has 0 unspecified atom stereocenters. The second kappa shape index (κ2) is 6.40. The first-order chi connectivity index (χ1) is 9.82. The number of alkyl halides is 3. The summed E-state index contributed by atoms with van der Waals surface area (Å²) >= 11 is 18.3. The van der Waals surface area contributed by atoms with Crippen molar-refractivity contribution < 1.29 is 14.3 Å². The van der Waals surface area contributed by atoms with Gasteiger partial charge >= 0.3 is 5.97 Å². The van der Waals surface area contributed by atoms with Crippen molar-refractivity contribution in [2.24, 2.45) is 0 Å². The van der Waals surface area contributed by atoms with E-state index in [1.165, 1.54) is 30.7 Å². The molecule has 0 fully saturated rings. The zero-order chi connectivity index (χ0) is 15.6. The number of nitrogens with zero attached hydrogens (tertiary/aromatic N) is 1. The summed E-state index contributed by atoms with van der Waals surface area (Å²) in [7, 11) is 1.27. The Morgan fingerprint density at radius 2 is 2.10 bits per heavy atom. The molecule has 0 aliphatic carbocycles. The van der Waals surface area contributed by atoms with Crippen LogP contribution >= 0.6 is 46.1 Å². The van der Waals surface area contributed by atoms with Crippen LogP contribution in [0.4, 0.5) is 0 Å². The molecule has 2 aromatic heterocycles. The summed E-state index contributed by atoms with van der Waals surface area (Å²) in [6, 6.07) is 5.18. The van der Waals surface area contributed by atoms with Crippen molar-refractivity contribution in [1.29, 1.82) is 0 Å². The molecule has 2 rings (SSSR count). The Bertz CT molecular complexity index is 659. The number of hydrogen-bond acceptors (Lipinski definition) is 4. The highest BCUT2D eigenvalue weighted by atomic mass is 35.6. The average Bonchev–Trinajstić information content (AvgIpc) is 3.06. The molecule has 2 heterocycles. The van der Waals surface area contributed by atoms with E-state index in [1.54, 1.807) is 4.57 Å². The largest absolute Gasteiger partial charge is 0.464 e. The Labute approximate surface area is 140 Å². The van der Waals surface area contributed by atoms with Gasteiger partial charge in [0.05, 0.1) is 13.7 Å². The second-order valence-electron chi connectivity index (χ2n) is 4.14. The van der Waals surface area contributed by atoms with Crippen LogP contribution in [0.25, 0.3) is 0 Å². The van der Waals surface area contributed by atoms with Crippen LogP contribution in [0.3, 0.4) is 0 Å². The number of ketones is 1. The third-order valence-corrected chi connectivity index (χ3v) is 4.09. The van der Waals surface area contributed by atoms with Gasteiger partial charge in [0.25, 0.3) is 3.79 Å². The Kier molecular flexibility index (Phi) is 4.99. The molecule has 0 saturated carbocycles. The molecule has 112 valence electrons. The molecule has 0 aromatic carbocycles. The third-order valence-electron chi connectivity index (χ3n) is 2.72. The maximum atomic E-state index is 12.0. The molecule has 0 atom stereocenters. The zero-order valence-electron chi connectivity index (χ0n) is 10.8. The number of esters is 1. The molecule has 0 bridgehead atoms. The Hall–Kier alpha value is -1.01. The van der Waals surface area contributed by atoms with Gasteiger partial charge in [0.1, 0.15) is 5.69 Å². The van der Waals surface area contributed by atoms with Crippen LogP contribution in [-0.4, -0.2) is 27.2 Å². The number of carbonyl (C=O) groups is 2. The minimum Gasteiger partial charge on any atom is -0.464 e. The summed E-state index contributed by atoms with van der Waals surface area (Å²) in [6.07, 6.45) is 1.48. The monoisotopic (exact) mass is 365 g/mol. The highest BCUT2D eigenvalue weighted by molar-refractivity contribution is 7.09. The van der Waals surface area contributed by atoms with Crippen LogP contribution in [-0.2, 0) is 11.3 Å². The summed E-state index contributed by atoms with van der Waals surface area (Å²) in [4.78, 5) is 24.8. The van der Waals surface area contributed by atoms with E-state index in [9.17, 15) is 9.59 Å². The number of thiophene rings is 1. The molecular weight excluding hydrogens is 357 g/mol. The lowest BCUT2D eigenvalue weighted by atomic mass is 10.2. The van der Waals surface area contributed by atoms with Crippen LogP contribution in [0.5, 0.6) is 0 Å². The van der Waals surface area contributed by atoms with E-state index in [0.717, 1.165) is 4.88 Å². The number of halogens is 3. The normalized spacial score (nSPS) is 11.4. The van der Waals surface area contributed by atoms with Gasteiger partial charge in [-0.15, -0.1) is 11.3 Å². The predicted molar refractivity (Wildman–Crippen MR) is 83.8 cm³/mol. The van der Waals surface area contributed by atoms with Crippen LogP contribution < -0.4 is 0 Å². The summed E-state index contributed by atoms with van der Waals surface area (Å²) in [5.74, 6) is -1.25. The van der Waals surface area contributed by atoms with Gasteiger partial charge < -0.3 is 9.30 Å². The number of methoxy groups -OCH3 is 1. The molecule has 0 aliphatic rings. The maximum Gasteiger partial charge on any atom is 0.354 e. The fraction of sp³-hybridized carbons (Fsp3) is 0.231. The summed E-state index contributed by atoms with van der Waals surface area (Å²) < 4.78 is 4.24. The molecule has 2 aromatic rings. The highest BCUT2D eigenvalue weighted by Crippen LogP contribution is 2.31. The van der Waals surface area contributed by atoms with Crippen LogP contribution in [0, 0.1) is 0 Å². The number of aromatic nitrogens is 1. The molecule has 0 spiro atoms. The van der Waals surface area contributed by atoms with E-state index in [1.807, 2.05) is 17.5 Å². The maximum absolute atomic E-state index is 12.0. The van der Waals surface area contributed by atoms with E-state index in [4.69, 9.17) is 39.5 Å². The van der Waals surface area contributed by atoms with Gasteiger partial charge in [-0.1, -0.05) is 40.9 Å². The fourth-order valence-corrected chi connectivity index (χ4v) is 2.80. The molecule has 8 heteroatoms. The van der Waals surface area contributed by atoms with Crippen LogP contribution in [0.15, 0.2) is 29.8 Å². The summed E-state index contributed by atoms with van der Waals surface area (Å²) in [5, 5.41) is 1.92. The lowest BCUT2D eigenvalue weighted by Gasteiger charge is -2.07. The first kappa shape index (κ1) is 16.4. The molecule has 0 amide bonds. The molecular formula is C13H10Cl3NO3S. The van der Waals surface area contributed by atoms with Gasteiger partial charge in [-0.3, -0.25) is 4.79 Å². The number of hydrogen-bond donors (Lipinski definition) is 0. The first-order valence-electron chi connectivity index (χ1n) is 5.75. The number of Topliss-reactive ketones (excluding diaryl/α,β-unsaturated/α-hetero) is 1. The van der Waals surface area contributed by atoms with Gasteiger partial charge in [0, 0.05) is 16.6 Å². The van der Waals surface area contributed by atoms with Crippen molar-refractivity contribution in [2.45, 2.75) is 10.3 Å². The van der Waals surface area contributed by atoms with Crippen molar-refractivity contribution in [1.82, 2.24) is 4.57 Å². The lowest BCUT2D eigenvalue weighted by Crippen LogP contribution is -2.18. The number of rotatable bonds is 4. The zero-order valence-corrected chi connectivity index (χ0v) is 13.9. The SMILES string of the molecule is COC(=O)c1cc(C(=O)C(Cl)(Cl)Cl)cn1Cc1cccs1. The van der Waals surface area contributed by atoms with E-state index < -0.39 is 15.5 Å². The third kappa shape index (κ3) is 3.80. The Balaban J connectivity index is 2.40. The van der Waals surface area contributed by atoms with Crippen molar-refractivity contribution in [3.05, 3.63) is 45.9 Å². The topological polar surface area (TPSA) is 48.3 Å². The van der Waals surface area contributed by atoms with E-state index in [-0.39, 0.29) is 11.3 Å². The second-order valence-corrected chi connectivity index (χ2v) is 7.45. The van der Waals surface area contributed by atoms with Crippen molar-refractivity contribution in [2.75, 3.05) is 7.11 Å². The summed E-state index contributed by atoms with van der Waals surface area (Å²) in [5.41, 5.74) is 0.371. The molecule has 21 heavy (non-hydrogen) atoms. The predicted octanol–water partition coefficient (Wildman–Crippen LogP) is 3.94. The number of ether oxygens (including phenoxy) is 1. The van der Waals surface area contributed by atoms with Gasteiger partial charge in [-0.25, -0.2) is 4.79 Å². The first-order valence-corrected chi connectivity index (χ1v) is 7.76. The molecule has 0 aliphatic heterocycles. The standard InChI is InChI=1S/C13H10Cl3NO3S/c1-20-12(19)10-5-8(11(18)13(14,15)16)6-17(10)7-9-3-2-4-21-9/h2-6H,7H2,1H3. The van der Waals surface area contributed by atoms with Crippen LogP contribution in [0.2, 0.25) is 0 Å². The average molecular weight is 367 g/mol. The summed E-state index contributed by atoms with van der Waals surface area (Å²) in [6.45, 7) is 0.426. The Morgan fingerprint density at radius 1 is 1.38 bits per heavy atom. The van der Waals surface area contributed by atoms with E-state index in [2.05, 4.69) is 0 Å². The van der Waals surface area contributed by atoms with E-state index in [0.29, 0.717) is 6.54 Å². The fourth-order valence-electron chi connectivity index (χ4n) is 1.77. The van der Waals surface area contributed by atoms with Crippen molar-refractivity contribution >= 4 is 57.9 Å². The molecule has 4 nitrogen and oxygen atoms in total. The van der Waals surface area contributed by atoms with Crippen molar-refractivity contribution in [3.8, 4) is 0 Å². The molecule has 0 N–H and O–H groups in total. The smallest absolute Gasteiger partial charge is 0.354 e. The highest BCUT2D eigenvalue weighted by Gasteiger charge is 2.33. The Morgan fingerprint density at radius 3 is 2.62 bits per heavy atom. The van der Waals surface area contributed by atoms with Gasteiger partial charge in [-0.2, -0.15) is 0 Å². The van der Waals surface area contributed by atoms with E-state index >= 15 is 0 Å². The van der Waals surface area contributed by atoms with Gasteiger partial charge in [-0.05, 0) is 17.5 Å². The van der Waals surface area contributed by atoms with Crippen LogP contribution in [0.1, 0.15) is 25.7 Å². The minimum atomic E-state index is -2.07. The van der Waals surface area contributed by atoms with Gasteiger partial charge in [0.2, 0.25) is 5.78 Å². The minimum absolute atomic E-state index is 0.145. The molecule has 0 radical (unpaired) electrons.